The van der Waals surface area contributed by atoms with Gasteiger partial charge in [0.15, 0.2) is 0 Å². The normalized spacial score (nSPS) is 11.0. The Morgan fingerprint density at radius 1 is 1.22 bits per heavy atom. The van der Waals surface area contributed by atoms with E-state index in [0.29, 0.717) is 13.0 Å². The van der Waals surface area contributed by atoms with Gasteiger partial charge in [-0.2, -0.15) is 0 Å². The van der Waals surface area contributed by atoms with Crippen LogP contribution < -0.4 is 4.74 Å². The number of hydrogen-bond acceptors (Lipinski definition) is 7. The lowest BCUT2D eigenvalue weighted by Crippen LogP contribution is -2.02. The number of benzene rings is 2. The van der Waals surface area contributed by atoms with E-state index in [0.717, 1.165) is 32.2 Å². The summed E-state index contributed by atoms with van der Waals surface area (Å²) in [6.07, 6.45) is 2.57. The molecule has 9 heteroatoms. The first kappa shape index (κ1) is 17.1. The number of thiazole rings is 1. The Morgan fingerprint density at radius 2 is 2.04 bits per heavy atom. The van der Waals surface area contributed by atoms with Gasteiger partial charge in [0.05, 0.1) is 28.4 Å². The maximum atomic E-state index is 10.7. The first-order chi connectivity index (χ1) is 13.1. The van der Waals surface area contributed by atoms with E-state index >= 15 is 0 Å². The summed E-state index contributed by atoms with van der Waals surface area (Å²) in [7, 11) is 1.64. The molecule has 4 rings (SSSR count). The lowest BCUT2D eigenvalue weighted by molar-refractivity contribution is -0.384. The fourth-order valence-electron chi connectivity index (χ4n) is 2.68. The minimum absolute atomic E-state index is 0.0919. The van der Waals surface area contributed by atoms with Crippen LogP contribution in [0.25, 0.3) is 20.9 Å². The molecule has 0 fully saturated rings. The Balaban J connectivity index is 1.47. The molecule has 2 aromatic heterocycles. The summed E-state index contributed by atoms with van der Waals surface area (Å²) >= 11 is 1.54. The molecule has 2 aromatic carbocycles. The molecule has 0 saturated carbocycles. The van der Waals surface area contributed by atoms with Crippen molar-refractivity contribution in [1.82, 2.24) is 20.0 Å². The molecule has 0 aliphatic carbocycles. The molecule has 0 aliphatic rings. The maximum Gasteiger partial charge on any atom is 0.269 e. The second-order valence-electron chi connectivity index (χ2n) is 5.89. The largest absolute Gasteiger partial charge is 0.497 e. The number of ether oxygens (including phenoxy) is 1. The molecule has 4 aromatic rings. The predicted octanol–water partition coefficient (Wildman–Crippen LogP) is 3.71. The van der Waals surface area contributed by atoms with E-state index < -0.39 is 4.92 Å². The van der Waals surface area contributed by atoms with Crippen molar-refractivity contribution in [2.45, 2.75) is 13.0 Å². The van der Waals surface area contributed by atoms with Gasteiger partial charge in [-0.1, -0.05) is 17.3 Å². The summed E-state index contributed by atoms with van der Waals surface area (Å²) < 4.78 is 8.03. The molecule has 0 atom stereocenters. The van der Waals surface area contributed by atoms with Crippen LogP contribution in [0.1, 0.15) is 5.56 Å². The molecule has 27 heavy (non-hydrogen) atoms. The number of nitro benzene ring substituents is 1. The van der Waals surface area contributed by atoms with Crippen LogP contribution in [0.2, 0.25) is 0 Å². The van der Waals surface area contributed by atoms with Gasteiger partial charge in [-0.3, -0.25) is 14.8 Å². The van der Waals surface area contributed by atoms with Crippen LogP contribution >= 0.6 is 11.3 Å². The van der Waals surface area contributed by atoms with E-state index in [2.05, 4.69) is 15.3 Å². The Kier molecular flexibility index (Phi) is 4.51. The third-order valence-corrected chi connectivity index (χ3v) is 5.17. The smallest absolute Gasteiger partial charge is 0.269 e. The maximum absolute atomic E-state index is 10.7. The summed E-state index contributed by atoms with van der Waals surface area (Å²) in [6, 6.07) is 12.3. The second kappa shape index (κ2) is 7.12. The van der Waals surface area contributed by atoms with E-state index in [-0.39, 0.29) is 5.69 Å². The van der Waals surface area contributed by atoms with Crippen LogP contribution in [0.3, 0.4) is 0 Å². The van der Waals surface area contributed by atoms with Crippen LogP contribution in [-0.2, 0) is 13.0 Å². The molecule has 0 bridgehead atoms. The van der Waals surface area contributed by atoms with Crippen molar-refractivity contribution in [2.75, 3.05) is 7.11 Å². The van der Waals surface area contributed by atoms with Crippen LogP contribution in [-0.4, -0.2) is 32.0 Å². The number of fused-ring (bicyclic) bond motifs is 1. The molecule has 0 aliphatic heterocycles. The summed E-state index contributed by atoms with van der Waals surface area (Å²) in [5.74, 6) is 0.796. The van der Waals surface area contributed by atoms with Gasteiger partial charge < -0.3 is 4.74 Å². The van der Waals surface area contributed by atoms with Crippen molar-refractivity contribution >= 4 is 27.2 Å². The number of aromatic nitrogens is 4. The molecule has 0 spiro atoms. The van der Waals surface area contributed by atoms with Crippen molar-refractivity contribution in [3.05, 3.63) is 64.3 Å². The highest BCUT2D eigenvalue weighted by molar-refractivity contribution is 7.21. The Hall–Kier alpha value is -3.33. The summed E-state index contributed by atoms with van der Waals surface area (Å²) in [6.45, 7) is 0.629. The lowest BCUT2D eigenvalue weighted by atomic mass is 10.1. The fourth-order valence-corrected chi connectivity index (χ4v) is 3.62. The SMILES string of the molecule is COc1ccc2nc(-c3cn(CCc4ccc([N+](=O)[O-])cc4)nn3)sc2c1. The van der Waals surface area contributed by atoms with Crippen LogP contribution in [0.15, 0.2) is 48.7 Å². The van der Waals surface area contributed by atoms with E-state index in [1.54, 1.807) is 35.3 Å². The molecular weight excluding hydrogens is 366 g/mol. The van der Waals surface area contributed by atoms with Gasteiger partial charge in [-0.05, 0) is 30.2 Å². The topological polar surface area (TPSA) is 96.0 Å². The first-order valence-electron chi connectivity index (χ1n) is 8.21. The van der Waals surface area contributed by atoms with Gasteiger partial charge in [-0.25, -0.2) is 4.98 Å². The third-order valence-electron chi connectivity index (χ3n) is 4.13. The quantitative estimate of drug-likeness (QED) is 0.373. The zero-order valence-corrected chi connectivity index (χ0v) is 15.2. The minimum Gasteiger partial charge on any atom is -0.497 e. The van der Waals surface area contributed by atoms with Gasteiger partial charge in [0.25, 0.3) is 5.69 Å². The zero-order valence-electron chi connectivity index (χ0n) is 14.4. The number of hydrogen-bond donors (Lipinski definition) is 0. The van der Waals surface area contributed by atoms with Crippen LogP contribution in [0, 0.1) is 10.1 Å². The Morgan fingerprint density at radius 3 is 2.78 bits per heavy atom. The lowest BCUT2D eigenvalue weighted by Gasteiger charge is -2.01. The molecule has 2 heterocycles. The first-order valence-corrected chi connectivity index (χ1v) is 9.02. The molecule has 136 valence electrons. The van der Waals surface area contributed by atoms with Gasteiger partial charge in [0.1, 0.15) is 16.5 Å². The van der Waals surface area contributed by atoms with Gasteiger partial charge in [-0.15, -0.1) is 16.4 Å². The van der Waals surface area contributed by atoms with Crippen LogP contribution in [0.5, 0.6) is 5.75 Å². The fraction of sp³-hybridized carbons (Fsp3) is 0.167. The molecule has 0 radical (unpaired) electrons. The number of methoxy groups -OCH3 is 1. The van der Waals surface area contributed by atoms with E-state index in [1.165, 1.54) is 12.1 Å². The van der Waals surface area contributed by atoms with Crippen molar-refractivity contribution in [2.24, 2.45) is 0 Å². The molecular formula is C18H15N5O3S. The van der Waals surface area contributed by atoms with Gasteiger partial charge in [0.2, 0.25) is 0 Å². The molecule has 0 N–H and O–H groups in total. The van der Waals surface area contributed by atoms with Gasteiger partial charge in [0, 0.05) is 18.7 Å². The number of nitrogens with zero attached hydrogens (tertiary/aromatic N) is 5. The second-order valence-corrected chi connectivity index (χ2v) is 6.92. The minimum atomic E-state index is -0.402. The van der Waals surface area contributed by atoms with E-state index in [9.17, 15) is 10.1 Å². The molecule has 0 amide bonds. The van der Waals surface area contributed by atoms with Crippen LogP contribution in [0.4, 0.5) is 5.69 Å². The molecule has 0 saturated heterocycles. The molecule has 8 nitrogen and oxygen atoms in total. The number of non-ortho nitro benzene ring substituents is 1. The summed E-state index contributed by atoms with van der Waals surface area (Å²) in [4.78, 5) is 14.9. The summed E-state index contributed by atoms with van der Waals surface area (Å²) in [5.41, 5.74) is 2.72. The number of rotatable bonds is 6. The Labute approximate surface area is 158 Å². The van der Waals surface area contributed by atoms with Crippen molar-refractivity contribution in [3.8, 4) is 16.5 Å². The van der Waals surface area contributed by atoms with Gasteiger partial charge >= 0.3 is 0 Å². The average Bonchev–Trinajstić information content (AvgIpc) is 3.32. The molecule has 0 unspecified atom stereocenters. The van der Waals surface area contributed by atoms with Crippen molar-refractivity contribution in [1.29, 1.82) is 0 Å². The summed E-state index contributed by atoms with van der Waals surface area (Å²) in [5, 5.41) is 19.9. The highest BCUT2D eigenvalue weighted by Gasteiger charge is 2.11. The Bertz CT molecular complexity index is 1100. The highest BCUT2D eigenvalue weighted by atomic mass is 32.1. The van der Waals surface area contributed by atoms with Crippen molar-refractivity contribution in [3.63, 3.8) is 0 Å². The van der Waals surface area contributed by atoms with E-state index in [1.807, 2.05) is 24.4 Å². The number of nitro groups is 1. The third kappa shape index (κ3) is 3.63. The zero-order chi connectivity index (χ0) is 18.8. The average molecular weight is 381 g/mol. The predicted molar refractivity (Wildman–Crippen MR) is 102 cm³/mol. The van der Waals surface area contributed by atoms with Crippen molar-refractivity contribution < 1.29 is 9.66 Å². The number of aryl methyl sites for hydroxylation is 2. The monoisotopic (exact) mass is 381 g/mol. The standard InChI is InChI=1S/C18H15N5O3S/c1-26-14-6-7-15-17(10-14)27-18(19-15)16-11-22(21-20-16)9-8-12-2-4-13(5-3-12)23(24)25/h2-7,10-11H,8-9H2,1H3. The highest BCUT2D eigenvalue weighted by Crippen LogP contribution is 2.31. The van der Waals surface area contributed by atoms with E-state index in [4.69, 9.17) is 4.74 Å².